The van der Waals surface area contributed by atoms with Crippen molar-refractivity contribution in [3.8, 4) is 0 Å². The molecule has 1 rings (SSSR count). The van der Waals surface area contributed by atoms with Crippen molar-refractivity contribution >= 4 is 0 Å². The Labute approximate surface area is 138 Å². The summed E-state index contributed by atoms with van der Waals surface area (Å²) in [6.07, 6.45) is 19.3. The molecule has 0 saturated carbocycles. The smallest absolute Gasteiger partial charge is 0.247 e. The number of hydrogen-bond acceptors (Lipinski definition) is 0. The van der Waals surface area contributed by atoms with E-state index in [1.54, 1.807) is 0 Å². The van der Waals surface area contributed by atoms with Crippen LogP contribution in [-0.2, 0) is 0 Å². The number of aromatic nitrogens is 2. The molecule has 0 saturated heterocycles. The van der Waals surface area contributed by atoms with Crippen molar-refractivity contribution in [1.29, 1.82) is 0 Å². The van der Waals surface area contributed by atoms with Gasteiger partial charge in [0.15, 0.2) is 0 Å². The molecule has 0 aliphatic heterocycles. The molecule has 0 aliphatic carbocycles. The first-order valence-corrected chi connectivity index (χ1v) is 9.79. The predicted octanol–water partition coefficient (Wildman–Crippen LogP) is 6.30. The van der Waals surface area contributed by atoms with Crippen molar-refractivity contribution in [2.75, 3.05) is 0 Å². The van der Waals surface area contributed by atoms with E-state index in [-0.39, 0.29) is 0 Å². The van der Waals surface area contributed by atoms with Gasteiger partial charge in [0, 0.05) is 0 Å². The van der Waals surface area contributed by atoms with Gasteiger partial charge < -0.3 is 0 Å². The first-order chi connectivity index (χ1) is 10.7. The third-order valence-electron chi connectivity index (χ3n) is 4.90. The lowest BCUT2D eigenvalue weighted by atomic mass is 10.0. The Hall–Kier alpha value is -0.790. The molecule has 2 atom stereocenters. The molecule has 1 aromatic heterocycles. The Bertz CT molecular complexity index is 370. The minimum Gasteiger partial charge on any atom is -0.247 e. The maximum atomic E-state index is 3.49. The summed E-state index contributed by atoms with van der Waals surface area (Å²) in [6.45, 7) is 9.31. The number of aromatic amines is 1. The zero-order chi connectivity index (χ0) is 16.2. The molecule has 0 aliphatic rings. The van der Waals surface area contributed by atoms with Gasteiger partial charge in [0.1, 0.15) is 12.4 Å². The Balaban J connectivity index is 2.36. The molecule has 22 heavy (non-hydrogen) atoms. The van der Waals surface area contributed by atoms with Crippen molar-refractivity contribution in [2.45, 2.75) is 110 Å². The molecule has 2 heteroatoms. The van der Waals surface area contributed by atoms with Gasteiger partial charge in [-0.15, -0.1) is 0 Å². The van der Waals surface area contributed by atoms with E-state index in [0.717, 1.165) is 0 Å². The molecule has 2 nitrogen and oxygen atoms in total. The van der Waals surface area contributed by atoms with Crippen LogP contribution in [0.1, 0.15) is 116 Å². The average Bonchev–Trinajstić information content (AvgIpc) is 3.00. The van der Waals surface area contributed by atoms with Gasteiger partial charge in [-0.1, -0.05) is 72.1 Å². The van der Waals surface area contributed by atoms with E-state index in [1.807, 2.05) is 0 Å². The highest BCUT2D eigenvalue weighted by Gasteiger charge is 2.21. The second kappa shape index (κ2) is 11.7. The van der Waals surface area contributed by atoms with Gasteiger partial charge in [-0.05, 0) is 26.2 Å². The number of H-pyrrole nitrogens is 1. The first kappa shape index (κ1) is 19.3. The molecular weight excluding hydrogens is 268 g/mol. The summed E-state index contributed by atoms with van der Waals surface area (Å²) in [6, 6.07) is 0.626. The van der Waals surface area contributed by atoms with E-state index in [4.69, 9.17) is 0 Å². The van der Waals surface area contributed by atoms with Gasteiger partial charge in [-0.25, -0.2) is 9.55 Å². The van der Waals surface area contributed by atoms with Crippen LogP contribution in [0.2, 0.25) is 0 Å². The summed E-state index contributed by atoms with van der Waals surface area (Å²) >= 11 is 0. The van der Waals surface area contributed by atoms with Crippen LogP contribution in [-0.4, -0.2) is 4.98 Å². The standard InChI is InChI=1S/C20H38N2/c1-5-7-9-10-11-13-15-19(4)22-17-16-21-20(22)18(3)14-12-8-6-2/h16-19H,5-15H2,1-4H3/p+1. The van der Waals surface area contributed by atoms with Crippen LogP contribution >= 0.6 is 0 Å². The van der Waals surface area contributed by atoms with E-state index >= 15 is 0 Å². The lowest BCUT2D eigenvalue weighted by Crippen LogP contribution is -2.40. The van der Waals surface area contributed by atoms with Crippen LogP contribution in [0.25, 0.3) is 0 Å². The highest BCUT2D eigenvalue weighted by molar-refractivity contribution is 4.87. The predicted molar refractivity (Wildman–Crippen MR) is 96.2 cm³/mol. The molecule has 0 spiro atoms. The molecule has 1 N–H and O–H groups in total. The van der Waals surface area contributed by atoms with Crippen LogP contribution in [0.4, 0.5) is 0 Å². The summed E-state index contributed by atoms with van der Waals surface area (Å²) in [7, 11) is 0. The second-order valence-electron chi connectivity index (χ2n) is 7.05. The van der Waals surface area contributed by atoms with Crippen molar-refractivity contribution in [1.82, 2.24) is 4.98 Å². The Morgan fingerprint density at radius 1 is 0.864 bits per heavy atom. The number of nitrogens with one attached hydrogen (secondary N) is 1. The topological polar surface area (TPSA) is 19.7 Å². The van der Waals surface area contributed by atoms with Crippen LogP contribution in [0.5, 0.6) is 0 Å². The molecule has 0 amide bonds. The van der Waals surface area contributed by atoms with E-state index in [0.29, 0.717) is 12.0 Å². The minimum atomic E-state index is 0.626. The summed E-state index contributed by atoms with van der Waals surface area (Å²) < 4.78 is 2.49. The van der Waals surface area contributed by atoms with Crippen LogP contribution in [0, 0.1) is 0 Å². The average molecular weight is 308 g/mol. The largest absolute Gasteiger partial charge is 0.257 e. The summed E-state index contributed by atoms with van der Waals surface area (Å²) in [5.41, 5.74) is 0. The van der Waals surface area contributed by atoms with Crippen LogP contribution < -0.4 is 4.57 Å². The van der Waals surface area contributed by atoms with Gasteiger partial charge in [0.25, 0.3) is 5.82 Å². The molecule has 1 aromatic rings. The van der Waals surface area contributed by atoms with E-state index < -0.39 is 0 Å². The van der Waals surface area contributed by atoms with Crippen molar-refractivity contribution in [3.05, 3.63) is 18.2 Å². The highest BCUT2D eigenvalue weighted by Crippen LogP contribution is 2.20. The first-order valence-electron chi connectivity index (χ1n) is 9.79. The zero-order valence-corrected chi connectivity index (χ0v) is 15.5. The van der Waals surface area contributed by atoms with E-state index in [2.05, 4.69) is 49.6 Å². The molecule has 128 valence electrons. The van der Waals surface area contributed by atoms with Crippen molar-refractivity contribution in [3.63, 3.8) is 0 Å². The number of unbranched alkanes of at least 4 members (excludes halogenated alkanes) is 7. The number of hydrogen-bond donors (Lipinski definition) is 1. The maximum Gasteiger partial charge on any atom is 0.257 e. The second-order valence-corrected chi connectivity index (χ2v) is 7.05. The monoisotopic (exact) mass is 307 g/mol. The fourth-order valence-corrected chi connectivity index (χ4v) is 3.34. The van der Waals surface area contributed by atoms with Gasteiger partial charge in [-0.2, -0.15) is 0 Å². The molecule has 2 unspecified atom stereocenters. The Morgan fingerprint density at radius 3 is 2.18 bits per heavy atom. The Kier molecular flexibility index (Phi) is 10.3. The van der Waals surface area contributed by atoms with Crippen molar-refractivity contribution < 1.29 is 4.57 Å². The molecule has 0 radical (unpaired) electrons. The molecular formula is C20H39N2+. The third kappa shape index (κ3) is 6.98. The molecule has 0 fully saturated rings. The normalized spacial score (nSPS) is 14.2. The summed E-state index contributed by atoms with van der Waals surface area (Å²) in [4.78, 5) is 3.49. The summed E-state index contributed by atoms with van der Waals surface area (Å²) in [5, 5.41) is 0. The number of imidazole rings is 1. The lowest BCUT2D eigenvalue weighted by molar-refractivity contribution is -0.727. The van der Waals surface area contributed by atoms with Gasteiger partial charge in [0.05, 0.1) is 12.0 Å². The number of rotatable bonds is 13. The molecule has 1 heterocycles. The van der Waals surface area contributed by atoms with E-state index in [9.17, 15) is 0 Å². The van der Waals surface area contributed by atoms with Gasteiger partial charge >= 0.3 is 0 Å². The van der Waals surface area contributed by atoms with Crippen molar-refractivity contribution in [2.24, 2.45) is 0 Å². The molecule has 0 bridgehead atoms. The van der Waals surface area contributed by atoms with Crippen LogP contribution in [0.15, 0.2) is 12.4 Å². The van der Waals surface area contributed by atoms with E-state index in [1.165, 1.54) is 76.5 Å². The lowest BCUT2D eigenvalue weighted by Gasteiger charge is -2.14. The quantitative estimate of drug-likeness (QED) is 0.326. The SMILES string of the molecule is CCCCCCCCC(C)[n+]1cc[nH]c1C(C)CCCCC. The number of nitrogens with zero attached hydrogens (tertiary/aromatic N) is 1. The maximum absolute atomic E-state index is 3.49. The molecule has 0 aromatic carbocycles. The fraction of sp³-hybridized carbons (Fsp3) is 0.850. The highest BCUT2D eigenvalue weighted by atomic mass is 15.1. The minimum absolute atomic E-state index is 0.626. The fourth-order valence-electron chi connectivity index (χ4n) is 3.34. The summed E-state index contributed by atoms with van der Waals surface area (Å²) in [5.74, 6) is 2.07. The van der Waals surface area contributed by atoms with Crippen LogP contribution in [0.3, 0.4) is 0 Å². The van der Waals surface area contributed by atoms with Gasteiger partial charge in [0.2, 0.25) is 0 Å². The zero-order valence-electron chi connectivity index (χ0n) is 15.5. The Morgan fingerprint density at radius 2 is 1.45 bits per heavy atom. The third-order valence-corrected chi connectivity index (χ3v) is 4.90. The van der Waals surface area contributed by atoms with Gasteiger partial charge in [-0.3, -0.25) is 0 Å².